The molecule has 0 heteroatoms. The van der Waals surface area contributed by atoms with Crippen LogP contribution >= 0.6 is 0 Å². The Balaban J connectivity index is 0.000000771. The van der Waals surface area contributed by atoms with Gasteiger partial charge < -0.3 is 0 Å². The Morgan fingerprint density at radius 3 is 1.61 bits per heavy atom. The van der Waals surface area contributed by atoms with Crippen LogP contribution in [-0.2, 0) is 5.41 Å². The van der Waals surface area contributed by atoms with Crippen molar-refractivity contribution in [1.82, 2.24) is 0 Å². The largest absolute Gasteiger partial charge is 0.0683 e. The zero-order valence-electron chi connectivity index (χ0n) is 12.2. The van der Waals surface area contributed by atoms with Gasteiger partial charge in [-0.15, -0.1) is 0 Å². The summed E-state index contributed by atoms with van der Waals surface area (Å²) in [6.45, 7) is 10.7. The molecule has 0 bridgehead atoms. The molecule has 18 heavy (non-hydrogen) atoms. The second-order valence-electron chi connectivity index (χ2n) is 4.86. The molecule has 0 aromatic heterocycles. The summed E-state index contributed by atoms with van der Waals surface area (Å²) in [5, 5.41) is 0. The predicted octanol–water partition coefficient (Wildman–Crippen LogP) is 5.35. The van der Waals surface area contributed by atoms with Gasteiger partial charge in [0.25, 0.3) is 0 Å². The highest BCUT2D eigenvalue weighted by molar-refractivity contribution is 5.38. The third kappa shape index (κ3) is 3.22. The van der Waals surface area contributed by atoms with Gasteiger partial charge in [-0.25, -0.2) is 0 Å². The molecule has 0 aliphatic carbocycles. The monoisotopic (exact) mass is 240 g/mol. The molecule has 0 spiro atoms. The molecular formula is C18H24. The van der Waals surface area contributed by atoms with Crippen LogP contribution in [0.3, 0.4) is 0 Å². The van der Waals surface area contributed by atoms with E-state index in [0.717, 1.165) is 0 Å². The molecule has 2 aromatic carbocycles. The zero-order valence-corrected chi connectivity index (χ0v) is 12.2. The summed E-state index contributed by atoms with van der Waals surface area (Å²) in [4.78, 5) is 0. The normalized spacial score (nSPS) is 10.5. The Morgan fingerprint density at radius 2 is 1.11 bits per heavy atom. The first-order valence-electron chi connectivity index (χ1n) is 6.73. The lowest BCUT2D eigenvalue weighted by atomic mass is 9.78. The molecule has 0 aliphatic rings. The van der Waals surface area contributed by atoms with Gasteiger partial charge in [0.2, 0.25) is 0 Å². The van der Waals surface area contributed by atoms with Gasteiger partial charge in [-0.2, -0.15) is 0 Å². The summed E-state index contributed by atoms with van der Waals surface area (Å²) >= 11 is 0. The predicted molar refractivity (Wildman–Crippen MR) is 81.1 cm³/mol. The molecule has 0 aliphatic heterocycles. The van der Waals surface area contributed by atoms with Crippen LogP contribution < -0.4 is 0 Å². The smallest absolute Gasteiger partial charge is 0.0146 e. The molecule has 0 heterocycles. The van der Waals surface area contributed by atoms with Crippen molar-refractivity contribution in [3.8, 4) is 0 Å². The highest BCUT2D eigenvalue weighted by Crippen LogP contribution is 2.31. The van der Waals surface area contributed by atoms with E-state index in [2.05, 4.69) is 75.4 Å². The van der Waals surface area contributed by atoms with Gasteiger partial charge >= 0.3 is 0 Å². The van der Waals surface area contributed by atoms with E-state index in [1.165, 1.54) is 16.7 Å². The number of rotatable bonds is 2. The molecule has 0 atom stereocenters. The molecule has 2 aromatic rings. The highest BCUT2D eigenvalue weighted by Gasteiger charge is 2.22. The molecule has 0 radical (unpaired) electrons. The maximum atomic E-state index is 2.27. The van der Waals surface area contributed by atoms with Crippen molar-refractivity contribution >= 4 is 0 Å². The van der Waals surface area contributed by atoms with Crippen molar-refractivity contribution in [2.24, 2.45) is 0 Å². The molecule has 2 rings (SSSR count). The van der Waals surface area contributed by atoms with Crippen molar-refractivity contribution in [3.05, 3.63) is 71.3 Å². The first kappa shape index (κ1) is 14.5. The molecule has 96 valence electrons. The molecule has 0 unspecified atom stereocenters. The molecule has 0 fully saturated rings. The van der Waals surface area contributed by atoms with E-state index in [1.807, 2.05) is 13.8 Å². The van der Waals surface area contributed by atoms with E-state index in [4.69, 9.17) is 0 Å². The van der Waals surface area contributed by atoms with Crippen molar-refractivity contribution in [2.75, 3.05) is 0 Å². The highest BCUT2D eigenvalue weighted by atomic mass is 14.3. The second kappa shape index (κ2) is 6.39. The fourth-order valence-electron chi connectivity index (χ4n) is 1.99. The van der Waals surface area contributed by atoms with Crippen LogP contribution in [0.25, 0.3) is 0 Å². The minimum absolute atomic E-state index is 0.0783. The third-order valence-electron chi connectivity index (χ3n) is 3.27. The molecule has 0 amide bonds. The third-order valence-corrected chi connectivity index (χ3v) is 3.27. The standard InChI is InChI=1S/C16H18.C2H6/c1-13-9-11-15(12-10-13)16(2,3)14-7-5-4-6-8-14;1-2/h4-12H,1-3H3;1-2H3. The van der Waals surface area contributed by atoms with Crippen LogP contribution in [0.5, 0.6) is 0 Å². The number of hydrogen-bond donors (Lipinski definition) is 0. The minimum Gasteiger partial charge on any atom is -0.0683 e. The second-order valence-corrected chi connectivity index (χ2v) is 4.86. The average molecular weight is 240 g/mol. The molecule has 0 N–H and O–H groups in total. The molecule has 0 saturated heterocycles. The first-order chi connectivity index (χ1) is 8.60. The van der Waals surface area contributed by atoms with E-state index in [1.54, 1.807) is 0 Å². The fourth-order valence-corrected chi connectivity index (χ4v) is 1.99. The number of aryl methyl sites for hydroxylation is 1. The van der Waals surface area contributed by atoms with Crippen LogP contribution in [0.15, 0.2) is 54.6 Å². The van der Waals surface area contributed by atoms with Crippen molar-refractivity contribution in [3.63, 3.8) is 0 Å². The number of benzene rings is 2. The number of hydrogen-bond acceptors (Lipinski definition) is 0. The molecular weight excluding hydrogens is 216 g/mol. The lowest BCUT2D eigenvalue weighted by Gasteiger charge is -2.26. The maximum Gasteiger partial charge on any atom is 0.0146 e. The summed E-state index contributed by atoms with van der Waals surface area (Å²) in [7, 11) is 0. The maximum absolute atomic E-state index is 2.27. The summed E-state index contributed by atoms with van der Waals surface area (Å²) in [5.41, 5.74) is 4.12. The van der Waals surface area contributed by atoms with Gasteiger partial charge in [0.05, 0.1) is 0 Å². The quantitative estimate of drug-likeness (QED) is 0.664. The van der Waals surface area contributed by atoms with Gasteiger partial charge in [-0.05, 0) is 18.1 Å². The van der Waals surface area contributed by atoms with Crippen LogP contribution in [0.2, 0.25) is 0 Å². The Hall–Kier alpha value is -1.56. The summed E-state index contributed by atoms with van der Waals surface area (Å²) in [6.07, 6.45) is 0. The van der Waals surface area contributed by atoms with E-state index in [9.17, 15) is 0 Å². The van der Waals surface area contributed by atoms with Gasteiger partial charge in [0.15, 0.2) is 0 Å². The lowest BCUT2D eigenvalue weighted by molar-refractivity contribution is 0.640. The zero-order chi connectivity index (χ0) is 13.6. The van der Waals surface area contributed by atoms with Gasteiger partial charge in [0.1, 0.15) is 0 Å². The summed E-state index contributed by atoms with van der Waals surface area (Å²) in [5.74, 6) is 0. The minimum atomic E-state index is 0.0783. The van der Waals surface area contributed by atoms with Crippen molar-refractivity contribution in [1.29, 1.82) is 0 Å². The van der Waals surface area contributed by atoms with Crippen LogP contribution in [0.4, 0.5) is 0 Å². The van der Waals surface area contributed by atoms with Gasteiger partial charge in [-0.3, -0.25) is 0 Å². The topological polar surface area (TPSA) is 0 Å². The van der Waals surface area contributed by atoms with Gasteiger partial charge in [0, 0.05) is 5.41 Å². The summed E-state index contributed by atoms with van der Waals surface area (Å²) in [6, 6.07) is 19.5. The van der Waals surface area contributed by atoms with E-state index in [-0.39, 0.29) is 5.41 Å². The van der Waals surface area contributed by atoms with Crippen LogP contribution in [-0.4, -0.2) is 0 Å². The SMILES string of the molecule is CC.Cc1ccc(C(C)(C)c2ccccc2)cc1. The lowest BCUT2D eigenvalue weighted by Crippen LogP contribution is -2.18. The first-order valence-corrected chi connectivity index (χ1v) is 6.73. The average Bonchev–Trinajstić information content (AvgIpc) is 2.42. The molecule has 0 saturated carbocycles. The molecule has 0 nitrogen and oxygen atoms in total. The fraction of sp³-hybridized carbons (Fsp3) is 0.333. The van der Waals surface area contributed by atoms with E-state index >= 15 is 0 Å². The Labute approximate surface area is 112 Å². The van der Waals surface area contributed by atoms with Crippen molar-refractivity contribution in [2.45, 2.75) is 40.0 Å². The van der Waals surface area contributed by atoms with Gasteiger partial charge in [-0.1, -0.05) is 87.9 Å². The van der Waals surface area contributed by atoms with Crippen LogP contribution in [0.1, 0.15) is 44.4 Å². The summed E-state index contributed by atoms with van der Waals surface area (Å²) < 4.78 is 0. The van der Waals surface area contributed by atoms with Crippen LogP contribution in [0, 0.1) is 6.92 Å². The Kier molecular flexibility index (Phi) is 5.15. The van der Waals surface area contributed by atoms with E-state index in [0.29, 0.717) is 0 Å². The van der Waals surface area contributed by atoms with E-state index < -0.39 is 0 Å². The Bertz CT molecular complexity index is 449. The van der Waals surface area contributed by atoms with Crippen molar-refractivity contribution < 1.29 is 0 Å². The Morgan fingerprint density at radius 1 is 0.667 bits per heavy atom.